The fourth-order valence-corrected chi connectivity index (χ4v) is 6.85. The van der Waals surface area contributed by atoms with Crippen molar-refractivity contribution < 1.29 is 21.6 Å². The lowest BCUT2D eigenvalue weighted by Gasteiger charge is -2.26. The number of aromatic nitrogens is 1. The number of sulfone groups is 1. The number of nitrogens with zero attached hydrogens (tertiary/aromatic N) is 1. The zero-order chi connectivity index (χ0) is 24.6. The van der Waals surface area contributed by atoms with Gasteiger partial charge in [0.15, 0.2) is 15.4 Å². The lowest BCUT2D eigenvalue weighted by atomic mass is 9.93. The number of sulfonamides is 1. The number of hydrogen-bond donors (Lipinski definition) is 2. The normalized spacial score (nSPS) is 18.9. The molecular formula is C22H20ClN3O5S3. The molecule has 0 spiro atoms. The second kappa shape index (κ2) is 9.23. The van der Waals surface area contributed by atoms with E-state index in [0.29, 0.717) is 20.3 Å². The van der Waals surface area contributed by atoms with E-state index in [-0.39, 0.29) is 23.6 Å². The predicted octanol–water partition coefficient (Wildman–Crippen LogP) is 3.17. The van der Waals surface area contributed by atoms with Gasteiger partial charge in [0.2, 0.25) is 15.9 Å². The molecule has 2 aromatic heterocycles. The second-order valence-electron chi connectivity index (χ2n) is 7.70. The smallest absolute Gasteiger partial charge is 0.247 e. The van der Waals surface area contributed by atoms with Gasteiger partial charge in [0.25, 0.3) is 0 Å². The average molecular weight is 538 g/mol. The van der Waals surface area contributed by atoms with Gasteiger partial charge in [-0.05, 0) is 36.8 Å². The fraction of sp³-hybridized carbons (Fsp3) is 0.182. The van der Waals surface area contributed by atoms with E-state index in [1.54, 1.807) is 36.4 Å². The standard InChI is InChI=1S/C22H20ClN3O5S3/c1-33(28,29)18-5-3-2-4-17(18)15-6-8-19(25-14-15)22(11-12-24-21(22)27)26-34(30,31)13-10-16-7-9-20(23)32-16/h2-10,13-14,26H,11-12H2,1H3,(H,24,27)/b13-10+/t22-/m0/s1. The molecule has 0 aliphatic carbocycles. The van der Waals surface area contributed by atoms with Crippen LogP contribution in [0.3, 0.4) is 0 Å². The van der Waals surface area contributed by atoms with Crippen molar-refractivity contribution in [2.75, 3.05) is 12.8 Å². The van der Waals surface area contributed by atoms with Crippen LogP contribution in [0.5, 0.6) is 0 Å². The van der Waals surface area contributed by atoms with Crippen LogP contribution in [0, 0.1) is 0 Å². The average Bonchev–Trinajstić information content (AvgIpc) is 3.37. The Bertz CT molecular complexity index is 1480. The van der Waals surface area contributed by atoms with Crippen LogP contribution in [-0.4, -0.2) is 40.5 Å². The number of thiophene rings is 1. The van der Waals surface area contributed by atoms with Gasteiger partial charge in [-0.25, -0.2) is 16.8 Å². The molecule has 34 heavy (non-hydrogen) atoms. The summed E-state index contributed by atoms with van der Waals surface area (Å²) in [6.07, 6.45) is 4.12. The first kappa shape index (κ1) is 24.6. The predicted molar refractivity (Wildman–Crippen MR) is 133 cm³/mol. The summed E-state index contributed by atoms with van der Waals surface area (Å²) in [4.78, 5) is 18.0. The minimum absolute atomic E-state index is 0.150. The fourth-order valence-electron chi connectivity index (χ4n) is 3.71. The van der Waals surface area contributed by atoms with E-state index in [4.69, 9.17) is 11.6 Å². The number of nitrogens with one attached hydrogen (secondary N) is 2. The molecule has 3 heterocycles. The van der Waals surface area contributed by atoms with Gasteiger partial charge in [0.1, 0.15) is 0 Å². The van der Waals surface area contributed by atoms with Crippen molar-refractivity contribution >= 4 is 54.8 Å². The molecule has 0 saturated carbocycles. The van der Waals surface area contributed by atoms with Crippen LogP contribution in [-0.2, 0) is 30.2 Å². The van der Waals surface area contributed by atoms with E-state index in [1.807, 2.05) is 0 Å². The number of carbonyl (C=O) groups is 1. The van der Waals surface area contributed by atoms with Crippen molar-refractivity contribution in [1.29, 1.82) is 0 Å². The Morgan fingerprint density at radius 2 is 1.88 bits per heavy atom. The summed E-state index contributed by atoms with van der Waals surface area (Å²) in [7, 11) is -7.51. The zero-order valence-corrected chi connectivity index (χ0v) is 21.1. The number of rotatable bonds is 7. The lowest BCUT2D eigenvalue weighted by molar-refractivity contribution is -0.124. The number of pyridine rings is 1. The van der Waals surface area contributed by atoms with Gasteiger partial charge in [-0.3, -0.25) is 9.78 Å². The Balaban J connectivity index is 1.68. The van der Waals surface area contributed by atoms with Crippen LogP contribution >= 0.6 is 22.9 Å². The number of halogens is 1. The van der Waals surface area contributed by atoms with E-state index in [9.17, 15) is 21.6 Å². The zero-order valence-electron chi connectivity index (χ0n) is 17.9. The monoisotopic (exact) mass is 537 g/mol. The number of amides is 1. The second-order valence-corrected chi connectivity index (χ2v) is 13.0. The first-order valence-corrected chi connectivity index (χ1v) is 14.7. The molecule has 1 saturated heterocycles. The van der Waals surface area contributed by atoms with Crippen LogP contribution in [0.4, 0.5) is 0 Å². The van der Waals surface area contributed by atoms with Gasteiger partial charge in [-0.2, -0.15) is 4.72 Å². The van der Waals surface area contributed by atoms with Gasteiger partial charge in [0, 0.05) is 40.4 Å². The molecule has 0 bridgehead atoms. The highest BCUT2D eigenvalue weighted by Crippen LogP contribution is 2.32. The van der Waals surface area contributed by atoms with Crippen molar-refractivity contribution in [1.82, 2.24) is 15.0 Å². The van der Waals surface area contributed by atoms with Crippen LogP contribution in [0.2, 0.25) is 4.34 Å². The summed E-state index contributed by atoms with van der Waals surface area (Å²) in [5.41, 5.74) is -0.396. The molecule has 1 aliphatic heterocycles. The molecule has 2 N–H and O–H groups in total. The number of benzene rings is 1. The Morgan fingerprint density at radius 3 is 2.47 bits per heavy atom. The van der Waals surface area contributed by atoms with Crippen molar-refractivity contribution in [2.45, 2.75) is 16.9 Å². The Hall–Kier alpha value is -2.57. The van der Waals surface area contributed by atoms with E-state index < -0.39 is 31.3 Å². The summed E-state index contributed by atoms with van der Waals surface area (Å²) >= 11 is 7.11. The molecular weight excluding hydrogens is 518 g/mol. The first-order chi connectivity index (χ1) is 16.0. The molecule has 1 aromatic carbocycles. The molecule has 4 rings (SSSR count). The van der Waals surface area contributed by atoms with Crippen molar-refractivity contribution in [3.63, 3.8) is 0 Å². The molecule has 1 amide bonds. The van der Waals surface area contributed by atoms with Crippen LogP contribution in [0.25, 0.3) is 17.2 Å². The molecule has 178 valence electrons. The Labute approximate surface area is 206 Å². The SMILES string of the molecule is CS(=O)(=O)c1ccccc1-c1ccc([C@@]2(NS(=O)(=O)/C=C/c3ccc(Cl)s3)CCNC2=O)nc1. The van der Waals surface area contributed by atoms with Crippen molar-refractivity contribution in [3.8, 4) is 11.1 Å². The molecule has 0 unspecified atom stereocenters. The van der Waals surface area contributed by atoms with Crippen molar-refractivity contribution in [2.24, 2.45) is 0 Å². The summed E-state index contributed by atoms with van der Waals surface area (Å²) < 4.78 is 53.0. The lowest BCUT2D eigenvalue weighted by Crippen LogP contribution is -2.50. The molecule has 12 heteroatoms. The van der Waals surface area contributed by atoms with Gasteiger partial charge >= 0.3 is 0 Å². The molecule has 1 aliphatic rings. The van der Waals surface area contributed by atoms with Crippen molar-refractivity contribution in [3.05, 3.63) is 75.0 Å². The highest BCUT2D eigenvalue weighted by molar-refractivity contribution is 7.92. The summed E-state index contributed by atoms with van der Waals surface area (Å²) in [6, 6.07) is 13.0. The number of hydrogen-bond acceptors (Lipinski definition) is 7. The summed E-state index contributed by atoms with van der Waals surface area (Å²) in [5.74, 6) is -0.513. The van der Waals surface area contributed by atoms with E-state index in [2.05, 4.69) is 15.0 Å². The van der Waals surface area contributed by atoms with Gasteiger partial charge in [-0.1, -0.05) is 35.9 Å². The van der Waals surface area contributed by atoms with Crippen LogP contribution < -0.4 is 10.0 Å². The van der Waals surface area contributed by atoms with Crippen LogP contribution in [0.1, 0.15) is 17.0 Å². The summed E-state index contributed by atoms with van der Waals surface area (Å²) in [6.45, 7) is 0.270. The Morgan fingerprint density at radius 1 is 1.12 bits per heavy atom. The first-order valence-electron chi connectivity index (χ1n) is 10.0. The minimum Gasteiger partial charge on any atom is -0.354 e. The third-order valence-corrected chi connectivity index (χ3v) is 8.77. The largest absolute Gasteiger partial charge is 0.354 e. The maximum atomic E-state index is 12.8. The topological polar surface area (TPSA) is 122 Å². The van der Waals surface area contributed by atoms with Gasteiger partial charge < -0.3 is 5.32 Å². The molecule has 1 fully saturated rings. The number of carbonyl (C=O) groups excluding carboxylic acids is 1. The van der Waals surface area contributed by atoms with Gasteiger partial charge in [0.05, 0.1) is 14.9 Å². The molecule has 1 atom stereocenters. The van der Waals surface area contributed by atoms with Gasteiger partial charge in [-0.15, -0.1) is 11.3 Å². The molecule has 0 radical (unpaired) electrons. The third-order valence-electron chi connectivity index (χ3n) is 5.29. The van der Waals surface area contributed by atoms with E-state index >= 15 is 0 Å². The Kier molecular flexibility index (Phi) is 6.67. The molecule has 3 aromatic rings. The third kappa shape index (κ3) is 5.08. The van der Waals surface area contributed by atoms with E-state index in [0.717, 1.165) is 11.7 Å². The van der Waals surface area contributed by atoms with Crippen LogP contribution in [0.15, 0.2) is 65.0 Å². The van der Waals surface area contributed by atoms with E-state index in [1.165, 1.54) is 35.7 Å². The summed E-state index contributed by atoms with van der Waals surface area (Å²) in [5, 5.41) is 3.64. The highest BCUT2D eigenvalue weighted by atomic mass is 35.5. The molecule has 8 nitrogen and oxygen atoms in total. The minimum atomic E-state index is -4.03. The maximum Gasteiger partial charge on any atom is 0.247 e. The highest BCUT2D eigenvalue weighted by Gasteiger charge is 2.47. The quantitative estimate of drug-likeness (QED) is 0.477. The maximum absolute atomic E-state index is 12.8.